The van der Waals surface area contributed by atoms with Crippen molar-refractivity contribution in [1.29, 1.82) is 0 Å². The lowest BCUT2D eigenvalue weighted by Crippen LogP contribution is -2.42. The number of benzene rings is 1. The van der Waals surface area contributed by atoms with Crippen LogP contribution in [0.3, 0.4) is 0 Å². The lowest BCUT2D eigenvalue weighted by atomic mass is 10.1. The minimum atomic E-state index is 0.114. The second-order valence-electron chi connectivity index (χ2n) is 5.83. The highest BCUT2D eigenvalue weighted by atomic mass is 35.5. The molecule has 2 aliphatic rings. The summed E-state index contributed by atoms with van der Waals surface area (Å²) < 4.78 is 0. The molecule has 2 heterocycles. The van der Waals surface area contributed by atoms with Gasteiger partial charge in [-0.15, -0.1) is 0 Å². The molecular formula is C16H22ClN3O. The third-order valence-electron chi connectivity index (χ3n) is 4.30. The molecule has 0 radical (unpaired) electrons. The summed E-state index contributed by atoms with van der Waals surface area (Å²) in [6.45, 7) is 6.76. The number of carbonyl (C=O) groups excluding carboxylic acids is 1. The monoisotopic (exact) mass is 307 g/mol. The summed E-state index contributed by atoms with van der Waals surface area (Å²) in [5.41, 5.74) is 1.82. The normalized spacial score (nSPS) is 20.0. The molecule has 21 heavy (non-hydrogen) atoms. The molecule has 4 nitrogen and oxygen atoms in total. The fourth-order valence-electron chi connectivity index (χ4n) is 3.02. The number of carbonyl (C=O) groups is 1. The van der Waals surface area contributed by atoms with Crippen LogP contribution in [0.4, 0.5) is 0 Å². The number of likely N-dealkylation sites (tertiary alicyclic amines) is 1. The van der Waals surface area contributed by atoms with E-state index in [2.05, 4.69) is 10.2 Å². The Balaban J connectivity index is 1.68. The van der Waals surface area contributed by atoms with Crippen molar-refractivity contribution in [2.45, 2.75) is 19.4 Å². The van der Waals surface area contributed by atoms with Crippen LogP contribution in [-0.2, 0) is 6.54 Å². The molecule has 1 N–H and O–H groups in total. The number of piperazine rings is 1. The standard InChI is InChI=1S/C16H22ClN3O/c17-15-11-13(16(21)20-7-1-2-8-20)3-4-14(15)12-19-9-5-18-6-10-19/h3-4,11,18H,1-2,5-10,12H2. The van der Waals surface area contributed by atoms with Crippen molar-refractivity contribution >= 4 is 17.5 Å². The Morgan fingerprint density at radius 1 is 1.14 bits per heavy atom. The average molecular weight is 308 g/mol. The van der Waals surface area contributed by atoms with Crippen LogP contribution in [0.5, 0.6) is 0 Å². The van der Waals surface area contributed by atoms with Gasteiger partial charge in [-0.25, -0.2) is 0 Å². The highest BCUT2D eigenvalue weighted by Gasteiger charge is 2.20. The first kappa shape index (κ1) is 14.8. The molecule has 0 spiro atoms. The largest absolute Gasteiger partial charge is 0.339 e. The molecule has 114 valence electrons. The highest BCUT2D eigenvalue weighted by molar-refractivity contribution is 6.31. The van der Waals surface area contributed by atoms with Crippen LogP contribution in [-0.4, -0.2) is 55.0 Å². The summed E-state index contributed by atoms with van der Waals surface area (Å²) in [6.07, 6.45) is 2.22. The van der Waals surface area contributed by atoms with Gasteiger partial charge in [0.05, 0.1) is 0 Å². The van der Waals surface area contributed by atoms with E-state index in [0.717, 1.165) is 64.2 Å². The second-order valence-corrected chi connectivity index (χ2v) is 6.24. The number of nitrogens with one attached hydrogen (secondary N) is 1. The van der Waals surface area contributed by atoms with E-state index in [4.69, 9.17) is 11.6 Å². The Hall–Kier alpha value is -1.10. The molecule has 5 heteroatoms. The van der Waals surface area contributed by atoms with Crippen LogP contribution in [0, 0.1) is 0 Å². The lowest BCUT2D eigenvalue weighted by molar-refractivity contribution is 0.0793. The second kappa shape index (κ2) is 6.77. The van der Waals surface area contributed by atoms with Crippen molar-refractivity contribution in [3.05, 3.63) is 34.3 Å². The maximum Gasteiger partial charge on any atom is 0.253 e. The van der Waals surface area contributed by atoms with E-state index in [0.29, 0.717) is 10.6 Å². The van der Waals surface area contributed by atoms with Gasteiger partial charge in [-0.1, -0.05) is 17.7 Å². The third-order valence-corrected chi connectivity index (χ3v) is 4.65. The summed E-state index contributed by atoms with van der Waals surface area (Å²) in [5.74, 6) is 0.114. The van der Waals surface area contributed by atoms with E-state index < -0.39 is 0 Å². The molecule has 1 amide bonds. The van der Waals surface area contributed by atoms with E-state index >= 15 is 0 Å². The number of amides is 1. The first-order valence-corrected chi connectivity index (χ1v) is 8.12. The van der Waals surface area contributed by atoms with Crippen molar-refractivity contribution in [3.8, 4) is 0 Å². The molecule has 1 aromatic rings. The van der Waals surface area contributed by atoms with E-state index in [-0.39, 0.29) is 5.91 Å². The van der Waals surface area contributed by atoms with Gasteiger partial charge in [0.1, 0.15) is 0 Å². The fraction of sp³-hybridized carbons (Fsp3) is 0.562. The minimum absolute atomic E-state index is 0.114. The zero-order valence-corrected chi connectivity index (χ0v) is 13.0. The smallest absolute Gasteiger partial charge is 0.253 e. The Morgan fingerprint density at radius 2 is 1.86 bits per heavy atom. The van der Waals surface area contributed by atoms with Gasteiger partial charge in [0.15, 0.2) is 0 Å². The molecular weight excluding hydrogens is 286 g/mol. The van der Waals surface area contributed by atoms with Crippen molar-refractivity contribution in [2.75, 3.05) is 39.3 Å². The van der Waals surface area contributed by atoms with Gasteiger partial charge in [0, 0.05) is 56.4 Å². The van der Waals surface area contributed by atoms with Gasteiger partial charge in [-0.05, 0) is 30.5 Å². The average Bonchev–Trinajstić information content (AvgIpc) is 3.04. The topological polar surface area (TPSA) is 35.6 Å². The Kier molecular flexibility index (Phi) is 4.78. The number of hydrogen-bond acceptors (Lipinski definition) is 3. The molecule has 3 rings (SSSR count). The Morgan fingerprint density at radius 3 is 2.52 bits per heavy atom. The maximum absolute atomic E-state index is 12.3. The molecule has 2 fully saturated rings. The minimum Gasteiger partial charge on any atom is -0.339 e. The van der Waals surface area contributed by atoms with Gasteiger partial charge < -0.3 is 10.2 Å². The van der Waals surface area contributed by atoms with E-state index in [1.54, 1.807) is 0 Å². The number of hydrogen-bond donors (Lipinski definition) is 1. The Bertz CT molecular complexity index is 508. The van der Waals surface area contributed by atoms with Crippen molar-refractivity contribution in [3.63, 3.8) is 0 Å². The number of nitrogens with zero attached hydrogens (tertiary/aromatic N) is 2. The van der Waals surface area contributed by atoms with E-state index in [1.807, 2.05) is 23.1 Å². The van der Waals surface area contributed by atoms with E-state index in [9.17, 15) is 4.79 Å². The van der Waals surface area contributed by atoms with Crippen molar-refractivity contribution < 1.29 is 4.79 Å². The molecule has 2 aliphatic heterocycles. The fourth-order valence-corrected chi connectivity index (χ4v) is 3.26. The summed E-state index contributed by atoms with van der Waals surface area (Å²) in [6, 6.07) is 5.76. The van der Waals surface area contributed by atoms with Gasteiger partial charge in [0.25, 0.3) is 5.91 Å². The van der Waals surface area contributed by atoms with Gasteiger partial charge in [-0.3, -0.25) is 9.69 Å². The summed E-state index contributed by atoms with van der Waals surface area (Å²) in [7, 11) is 0. The quantitative estimate of drug-likeness (QED) is 0.927. The van der Waals surface area contributed by atoms with Crippen LogP contribution in [0.15, 0.2) is 18.2 Å². The molecule has 1 aromatic carbocycles. The molecule has 0 bridgehead atoms. The number of rotatable bonds is 3. The highest BCUT2D eigenvalue weighted by Crippen LogP contribution is 2.22. The van der Waals surface area contributed by atoms with Crippen LogP contribution < -0.4 is 5.32 Å². The molecule has 0 unspecified atom stereocenters. The molecule has 2 saturated heterocycles. The van der Waals surface area contributed by atoms with Crippen molar-refractivity contribution in [1.82, 2.24) is 15.1 Å². The zero-order valence-electron chi connectivity index (χ0n) is 12.3. The van der Waals surface area contributed by atoms with Crippen molar-refractivity contribution in [2.24, 2.45) is 0 Å². The molecule has 0 aliphatic carbocycles. The van der Waals surface area contributed by atoms with Crippen LogP contribution in [0.1, 0.15) is 28.8 Å². The molecule has 0 saturated carbocycles. The summed E-state index contributed by atoms with van der Waals surface area (Å²) in [5, 5.41) is 4.05. The number of halogens is 1. The van der Waals surface area contributed by atoms with Gasteiger partial charge in [-0.2, -0.15) is 0 Å². The van der Waals surface area contributed by atoms with Crippen LogP contribution >= 0.6 is 11.6 Å². The zero-order chi connectivity index (χ0) is 14.7. The lowest BCUT2D eigenvalue weighted by Gasteiger charge is -2.27. The van der Waals surface area contributed by atoms with Crippen LogP contribution in [0.25, 0.3) is 0 Å². The van der Waals surface area contributed by atoms with Crippen LogP contribution in [0.2, 0.25) is 5.02 Å². The molecule has 0 atom stereocenters. The predicted molar refractivity (Wildman–Crippen MR) is 84.7 cm³/mol. The van der Waals surface area contributed by atoms with E-state index in [1.165, 1.54) is 0 Å². The van der Waals surface area contributed by atoms with Gasteiger partial charge in [0.2, 0.25) is 0 Å². The SMILES string of the molecule is O=C(c1ccc(CN2CCNCC2)c(Cl)c1)N1CCCC1. The predicted octanol–water partition coefficient (Wildman–Crippen LogP) is 1.98. The molecule has 0 aromatic heterocycles. The summed E-state index contributed by atoms with van der Waals surface area (Å²) in [4.78, 5) is 16.7. The van der Waals surface area contributed by atoms with Gasteiger partial charge >= 0.3 is 0 Å². The first-order chi connectivity index (χ1) is 10.2. The first-order valence-electron chi connectivity index (χ1n) is 7.75. The third kappa shape index (κ3) is 3.57. The summed E-state index contributed by atoms with van der Waals surface area (Å²) >= 11 is 6.39. The Labute approximate surface area is 131 Å². The maximum atomic E-state index is 12.3.